The Morgan fingerprint density at radius 2 is 2.00 bits per heavy atom. The molecule has 0 spiro atoms. The minimum Gasteiger partial charge on any atom is -0.486 e. The van der Waals surface area contributed by atoms with Gasteiger partial charge in [0, 0.05) is 5.56 Å². The van der Waals surface area contributed by atoms with Crippen molar-refractivity contribution in [2.24, 2.45) is 0 Å². The summed E-state index contributed by atoms with van der Waals surface area (Å²) < 4.78 is 11.8. The first-order chi connectivity index (χ1) is 10.6. The molecule has 3 rings (SSSR count). The second kappa shape index (κ2) is 5.43. The van der Waals surface area contributed by atoms with E-state index in [4.69, 9.17) is 9.47 Å². The zero-order chi connectivity index (χ0) is 16.8. The molecule has 1 saturated carbocycles. The summed E-state index contributed by atoms with van der Waals surface area (Å²) in [6, 6.07) is 6.43. The van der Waals surface area contributed by atoms with E-state index in [2.05, 4.69) is 18.2 Å². The minimum atomic E-state index is -0.493. The van der Waals surface area contributed by atoms with Gasteiger partial charge >= 0.3 is 6.09 Å². The van der Waals surface area contributed by atoms with Crippen molar-refractivity contribution in [3.63, 3.8) is 0 Å². The maximum atomic E-state index is 12.5. The largest absolute Gasteiger partial charge is 0.486 e. The number of carbonyl (C=O) groups excluding carboxylic acids is 1. The molecule has 4 nitrogen and oxygen atoms in total. The molecular weight excluding hydrogens is 290 g/mol. The zero-order valence-corrected chi connectivity index (χ0v) is 14.8. The van der Waals surface area contributed by atoms with E-state index in [0.717, 1.165) is 11.3 Å². The van der Waals surface area contributed by atoms with Gasteiger partial charge in [-0.05, 0) is 65.0 Å². The van der Waals surface area contributed by atoms with Crippen LogP contribution < -0.4 is 4.74 Å². The molecule has 4 heteroatoms. The van der Waals surface area contributed by atoms with E-state index < -0.39 is 11.2 Å². The summed E-state index contributed by atoms with van der Waals surface area (Å²) in [6.45, 7) is 10.7. The van der Waals surface area contributed by atoms with Crippen LogP contribution >= 0.6 is 0 Å². The van der Waals surface area contributed by atoms with Crippen LogP contribution in [-0.2, 0) is 11.3 Å². The summed E-state index contributed by atoms with van der Waals surface area (Å²) in [6.07, 6.45) is 2.26. The SMILES string of the molecule is CC(C)(C)OC(=O)N1Cc2ccc(C3CC3)cc2OC(C)(C)C1. The lowest BCUT2D eigenvalue weighted by atomic mass is 10.1. The van der Waals surface area contributed by atoms with Crippen molar-refractivity contribution in [2.75, 3.05) is 6.54 Å². The highest BCUT2D eigenvalue weighted by Crippen LogP contribution is 2.42. The molecule has 126 valence electrons. The molecule has 1 amide bonds. The summed E-state index contributed by atoms with van der Waals surface area (Å²) in [5, 5.41) is 0. The molecule has 1 aliphatic carbocycles. The Hall–Kier alpha value is -1.71. The quantitative estimate of drug-likeness (QED) is 0.767. The molecule has 2 aliphatic rings. The van der Waals surface area contributed by atoms with E-state index >= 15 is 0 Å². The Balaban J connectivity index is 1.86. The average molecular weight is 317 g/mol. The summed E-state index contributed by atoms with van der Waals surface area (Å²) in [5.41, 5.74) is 1.47. The van der Waals surface area contributed by atoms with Crippen LogP contribution in [0.2, 0.25) is 0 Å². The van der Waals surface area contributed by atoms with Gasteiger partial charge < -0.3 is 9.47 Å². The fraction of sp³-hybridized carbons (Fsp3) is 0.632. The summed E-state index contributed by atoms with van der Waals surface area (Å²) in [5.74, 6) is 1.60. The number of rotatable bonds is 1. The average Bonchev–Trinajstić information content (AvgIpc) is 3.20. The van der Waals surface area contributed by atoms with E-state index in [9.17, 15) is 4.79 Å². The first-order valence-corrected chi connectivity index (χ1v) is 8.43. The number of nitrogens with zero attached hydrogens (tertiary/aromatic N) is 1. The van der Waals surface area contributed by atoms with Crippen LogP contribution in [0, 0.1) is 0 Å². The summed E-state index contributed by atoms with van der Waals surface area (Å²) in [4.78, 5) is 14.2. The Morgan fingerprint density at radius 1 is 1.30 bits per heavy atom. The highest BCUT2D eigenvalue weighted by molar-refractivity contribution is 5.68. The predicted molar refractivity (Wildman–Crippen MR) is 89.8 cm³/mol. The van der Waals surface area contributed by atoms with Crippen molar-refractivity contribution in [1.29, 1.82) is 0 Å². The second-order valence-corrected chi connectivity index (χ2v) is 8.34. The summed E-state index contributed by atoms with van der Waals surface area (Å²) in [7, 11) is 0. The van der Waals surface area contributed by atoms with Gasteiger partial charge in [-0.15, -0.1) is 0 Å². The van der Waals surface area contributed by atoms with Crippen molar-refractivity contribution in [1.82, 2.24) is 4.90 Å². The van der Waals surface area contributed by atoms with Crippen LogP contribution in [0.1, 0.15) is 64.5 Å². The van der Waals surface area contributed by atoms with Gasteiger partial charge in [0.05, 0.1) is 13.1 Å². The van der Waals surface area contributed by atoms with Crippen molar-refractivity contribution < 1.29 is 14.3 Å². The molecule has 1 fully saturated rings. The first-order valence-electron chi connectivity index (χ1n) is 8.43. The predicted octanol–water partition coefficient (Wildman–Crippen LogP) is 4.47. The molecule has 0 bridgehead atoms. The van der Waals surface area contributed by atoms with Crippen LogP contribution in [0.5, 0.6) is 5.75 Å². The van der Waals surface area contributed by atoms with Crippen LogP contribution in [0.25, 0.3) is 0 Å². The third-order valence-corrected chi connectivity index (χ3v) is 4.11. The zero-order valence-electron chi connectivity index (χ0n) is 14.8. The fourth-order valence-electron chi connectivity index (χ4n) is 2.97. The topological polar surface area (TPSA) is 38.8 Å². The Bertz CT molecular complexity index is 612. The van der Waals surface area contributed by atoms with Gasteiger partial charge in [-0.25, -0.2) is 4.79 Å². The number of carbonyl (C=O) groups is 1. The molecule has 0 radical (unpaired) electrons. The number of benzene rings is 1. The number of amides is 1. The maximum Gasteiger partial charge on any atom is 0.410 e. The van der Waals surface area contributed by atoms with Crippen molar-refractivity contribution in [3.05, 3.63) is 29.3 Å². The van der Waals surface area contributed by atoms with E-state index in [1.165, 1.54) is 18.4 Å². The molecule has 0 saturated heterocycles. The monoisotopic (exact) mass is 317 g/mol. The molecule has 0 atom stereocenters. The number of hydrogen-bond acceptors (Lipinski definition) is 3. The number of hydrogen-bond donors (Lipinski definition) is 0. The Kier molecular flexibility index (Phi) is 3.81. The highest BCUT2D eigenvalue weighted by Gasteiger charge is 2.34. The van der Waals surface area contributed by atoms with E-state index in [1.54, 1.807) is 4.90 Å². The summed E-state index contributed by atoms with van der Waals surface area (Å²) >= 11 is 0. The smallest absolute Gasteiger partial charge is 0.410 e. The van der Waals surface area contributed by atoms with Gasteiger partial charge in [0.25, 0.3) is 0 Å². The van der Waals surface area contributed by atoms with Gasteiger partial charge in [0.1, 0.15) is 17.0 Å². The molecule has 0 aromatic heterocycles. The van der Waals surface area contributed by atoms with E-state index in [1.807, 2.05) is 34.6 Å². The molecule has 1 aromatic rings. The van der Waals surface area contributed by atoms with Crippen LogP contribution in [0.3, 0.4) is 0 Å². The minimum absolute atomic E-state index is 0.284. The number of fused-ring (bicyclic) bond motifs is 1. The molecule has 0 unspecified atom stereocenters. The molecular formula is C19H27NO3. The second-order valence-electron chi connectivity index (χ2n) is 8.34. The lowest BCUT2D eigenvalue weighted by molar-refractivity contribution is 0.00752. The lowest BCUT2D eigenvalue weighted by Crippen LogP contribution is -2.45. The third kappa shape index (κ3) is 3.98. The standard InChI is InChI=1S/C19H27NO3/c1-18(2,3)23-17(21)20-11-15-9-8-14(13-6-7-13)10-16(15)22-19(4,5)12-20/h8-10,13H,6-7,11-12H2,1-5H3. The molecule has 0 N–H and O–H groups in total. The normalized spacial score (nSPS) is 20.3. The van der Waals surface area contributed by atoms with Crippen molar-refractivity contribution in [3.8, 4) is 5.75 Å². The van der Waals surface area contributed by atoms with Gasteiger partial charge in [-0.1, -0.05) is 12.1 Å². The molecule has 1 heterocycles. The maximum absolute atomic E-state index is 12.5. The van der Waals surface area contributed by atoms with E-state index in [0.29, 0.717) is 19.0 Å². The molecule has 23 heavy (non-hydrogen) atoms. The van der Waals surface area contributed by atoms with Crippen molar-refractivity contribution in [2.45, 2.75) is 71.1 Å². The molecule has 1 aromatic carbocycles. The lowest BCUT2D eigenvalue weighted by Gasteiger charge is -2.31. The first kappa shape index (κ1) is 16.2. The molecule has 1 aliphatic heterocycles. The highest BCUT2D eigenvalue weighted by atomic mass is 16.6. The van der Waals surface area contributed by atoms with E-state index in [-0.39, 0.29) is 6.09 Å². The third-order valence-electron chi connectivity index (χ3n) is 4.11. The van der Waals surface area contributed by atoms with Gasteiger partial charge in [-0.2, -0.15) is 0 Å². The van der Waals surface area contributed by atoms with Crippen LogP contribution in [0.4, 0.5) is 4.79 Å². The number of ether oxygens (including phenoxy) is 2. The van der Waals surface area contributed by atoms with Crippen LogP contribution in [-0.4, -0.2) is 28.7 Å². The van der Waals surface area contributed by atoms with Crippen LogP contribution in [0.15, 0.2) is 18.2 Å². The Labute approximate surface area is 138 Å². The van der Waals surface area contributed by atoms with Crippen molar-refractivity contribution >= 4 is 6.09 Å². The van der Waals surface area contributed by atoms with Gasteiger partial charge in [0.15, 0.2) is 0 Å². The van der Waals surface area contributed by atoms with Gasteiger partial charge in [0.2, 0.25) is 0 Å². The fourth-order valence-corrected chi connectivity index (χ4v) is 2.97. The Morgan fingerprint density at radius 3 is 2.61 bits per heavy atom. The van der Waals surface area contributed by atoms with Gasteiger partial charge in [-0.3, -0.25) is 4.90 Å².